The topological polar surface area (TPSA) is 62.1 Å². The number of quaternary nitrogens is 1. The van der Waals surface area contributed by atoms with E-state index in [0.717, 1.165) is 53.0 Å². The summed E-state index contributed by atoms with van der Waals surface area (Å²) in [5, 5.41) is 0.992. The van der Waals surface area contributed by atoms with Crippen LogP contribution in [0.25, 0.3) is 10.9 Å². The van der Waals surface area contributed by atoms with E-state index >= 15 is 0 Å². The lowest BCUT2D eigenvalue weighted by molar-refractivity contribution is -0.932. The number of nitrogens with zero attached hydrogens (tertiary/aromatic N) is 1. The molecule has 0 radical (unpaired) electrons. The normalized spacial score (nSPS) is 20.1. The van der Waals surface area contributed by atoms with Gasteiger partial charge in [0.05, 0.1) is 24.7 Å². The third-order valence-corrected chi connectivity index (χ3v) is 6.46. The number of likely N-dealkylation sites (tertiary alicyclic amines) is 1. The summed E-state index contributed by atoms with van der Waals surface area (Å²) in [6.45, 7) is 4.87. The molecular formula is C25H27N2O4+. The Morgan fingerprint density at radius 3 is 2.81 bits per heavy atom. The number of aryl methyl sites for hydroxylation is 1. The summed E-state index contributed by atoms with van der Waals surface area (Å²) < 4.78 is 16.6. The van der Waals surface area contributed by atoms with Crippen LogP contribution in [-0.4, -0.2) is 37.8 Å². The number of pyridine rings is 1. The van der Waals surface area contributed by atoms with Crippen LogP contribution < -0.4 is 14.4 Å². The van der Waals surface area contributed by atoms with Crippen molar-refractivity contribution in [3.63, 3.8) is 0 Å². The van der Waals surface area contributed by atoms with E-state index in [2.05, 4.69) is 12.1 Å². The number of para-hydroxylation sites is 1. The first-order valence-corrected chi connectivity index (χ1v) is 10.9. The molecule has 160 valence electrons. The number of carbonyl (C=O) groups is 1. The number of esters is 1. The smallest absolute Gasteiger partial charge is 0.340 e. The minimum Gasteiger partial charge on any atom is -0.486 e. The zero-order valence-corrected chi connectivity index (χ0v) is 17.9. The third kappa shape index (κ3) is 3.61. The SMILES string of the molecule is COC(=O)c1c(C[NH+]2CCC[C@H]2c2ccc3c(c2)OCCO3)nc2ccccc2c1C. The summed E-state index contributed by atoms with van der Waals surface area (Å²) in [5.74, 6) is 1.32. The Bertz CT molecular complexity index is 1140. The standard InChI is InChI=1S/C25H26N2O4/c1-16-18-6-3-4-7-19(18)26-20(24(16)25(28)29-2)15-27-11-5-8-21(27)17-9-10-22-23(14-17)31-13-12-30-22/h3-4,6-7,9-10,14,21H,5,8,11-13,15H2,1-2H3/p+1/t21-/m0/s1. The molecule has 1 fully saturated rings. The maximum Gasteiger partial charge on any atom is 0.340 e. The van der Waals surface area contributed by atoms with Crippen LogP contribution in [0.5, 0.6) is 11.5 Å². The molecule has 31 heavy (non-hydrogen) atoms. The van der Waals surface area contributed by atoms with Crippen molar-refractivity contribution in [3.8, 4) is 11.5 Å². The highest BCUT2D eigenvalue weighted by atomic mass is 16.6. The molecule has 0 spiro atoms. The summed E-state index contributed by atoms with van der Waals surface area (Å²) in [4.78, 5) is 19.0. The van der Waals surface area contributed by atoms with Gasteiger partial charge in [-0.1, -0.05) is 18.2 Å². The second-order valence-electron chi connectivity index (χ2n) is 8.25. The van der Waals surface area contributed by atoms with Gasteiger partial charge in [-0.15, -0.1) is 0 Å². The molecule has 3 heterocycles. The molecule has 2 aliphatic heterocycles. The van der Waals surface area contributed by atoms with Gasteiger partial charge < -0.3 is 19.1 Å². The van der Waals surface area contributed by atoms with Crippen molar-refractivity contribution in [2.24, 2.45) is 0 Å². The molecule has 6 heteroatoms. The molecule has 1 saturated heterocycles. The largest absolute Gasteiger partial charge is 0.486 e. The molecular weight excluding hydrogens is 392 g/mol. The number of hydrogen-bond acceptors (Lipinski definition) is 5. The highest BCUT2D eigenvalue weighted by Crippen LogP contribution is 2.34. The highest BCUT2D eigenvalue weighted by molar-refractivity contribution is 5.98. The third-order valence-electron chi connectivity index (χ3n) is 6.46. The lowest BCUT2D eigenvalue weighted by Gasteiger charge is -2.25. The number of hydrogen-bond donors (Lipinski definition) is 1. The average molecular weight is 420 g/mol. The Kier molecular flexibility index (Phi) is 5.24. The summed E-state index contributed by atoms with van der Waals surface area (Å²) in [6, 6.07) is 14.6. The van der Waals surface area contributed by atoms with Crippen molar-refractivity contribution < 1.29 is 23.9 Å². The van der Waals surface area contributed by atoms with Gasteiger partial charge >= 0.3 is 5.97 Å². The van der Waals surface area contributed by atoms with Crippen LogP contribution in [-0.2, 0) is 11.3 Å². The van der Waals surface area contributed by atoms with E-state index in [-0.39, 0.29) is 5.97 Å². The van der Waals surface area contributed by atoms with Crippen LogP contribution in [0.15, 0.2) is 42.5 Å². The number of aromatic nitrogens is 1. The van der Waals surface area contributed by atoms with Crippen LogP contribution in [0, 0.1) is 6.92 Å². The fraction of sp³-hybridized carbons (Fsp3) is 0.360. The first-order valence-electron chi connectivity index (χ1n) is 10.9. The van der Waals surface area contributed by atoms with Crippen molar-refractivity contribution >= 4 is 16.9 Å². The average Bonchev–Trinajstić information content (AvgIpc) is 3.26. The van der Waals surface area contributed by atoms with Gasteiger partial charge in [-0.25, -0.2) is 9.78 Å². The quantitative estimate of drug-likeness (QED) is 0.659. The summed E-state index contributed by atoms with van der Waals surface area (Å²) in [7, 11) is 1.43. The van der Waals surface area contributed by atoms with E-state index in [1.54, 1.807) is 0 Å². The van der Waals surface area contributed by atoms with Crippen LogP contribution in [0.2, 0.25) is 0 Å². The molecule has 2 aliphatic rings. The Balaban J connectivity index is 1.50. The fourth-order valence-corrected chi connectivity index (χ4v) is 4.96. The second-order valence-corrected chi connectivity index (χ2v) is 8.25. The van der Waals surface area contributed by atoms with E-state index in [4.69, 9.17) is 19.2 Å². The number of fused-ring (bicyclic) bond motifs is 2. The van der Waals surface area contributed by atoms with E-state index in [1.807, 2.05) is 37.3 Å². The van der Waals surface area contributed by atoms with E-state index < -0.39 is 0 Å². The van der Waals surface area contributed by atoms with E-state index in [1.165, 1.54) is 17.6 Å². The maximum absolute atomic E-state index is 12.7. The van der Waals surface area contributed by atoms with Gasteiger partial charge in [0.25, 0.3) is 0 Å². The van der Waals surface area contributed by atoms with Crippen LogP contribution in [0.3, 0.4) is 0 Å². The van der Waals surface area contributed by atoms with Gasteiger partial charge in [0.2, 0.25) is 0 Å². The number of benzene rings is 2. The second kappa shape index (κ2) is 8.19. The maximum atomic E-state index is 12.7. The molecule has 0 saturated carbocycles. The van der Waals surface area contributed by atoms with Gasteiger partial charge in [0, 0.05) is 23.8 Å². The molecule has 2 aromatic carbocycles. The number of methoxy groups -OCH3 is 1. The lowest BCUT2D eigenvalue weighted by atomic mass is 10.00. The van der Waals surface area contributed by atoms with Crippen LogP contribution in [0.4, 0.5) is 0 Å². The van der Waals surface area contributed by atoms with Gasteiger partial charge in [-0.3, -0.25) is 0 Å². The minimum absolute atomic E-state index is 0.319. The number of rotatable bonds is 4. The Morgan fingerprint density at radius 1 is 1.16 bits per heavy atom. The van der Waals surface area contributed by atoms with E-state index in [9.17, 15) is 4.79 Å². The lowest BCUT2D eigenvalue weighted by Crippen LogP contribution is -3.09. The van der Waals surface area contributed by atoms with Gasteiger partial charge in [0.1, 0.15) is 31.5 Å². The molecule has 2 atom stereocenters. The van der Waals surface area contributed by atoms with Gasteiger partial charge in [0.15, 0.2) is 11.5 Å². The first-order chi connectivity index (χ1) is 15.2. The van der Waals surface area contributed by atoms with E-state index in [0.29, 0.717) is 31.4 Å². The number of ether oxygens (including phenoxy) is 3. The monoisotopic (exact) mass is 419 g/mol. The predicted octanol–water partition coefficient (Wildman–Crippen LogP) is 3.02. The Hall–Kier alpha value is -3.12. The van der Waals surface area contributed by atoms with Crippen LogP contribution in [0.1, 0.15) is 46.1 Å². The molecule has 5 rings (SSSR count). The molecule has 0 aliphatic carbocycles. The highest BCUT2D eigenvalue weighted by Gasteiger charge is 2.33. The molecule has 6 nitrogen and oxygen atoms in total. The Morgan fingerprint density at radius 2 is 1.97 bits per heavy atom. The first kappa shape index (κ1) is 19.8. The van der Waals surface area contributed by atoms with Gasteiger partial charge in [-0.05, 0) is 36.8 Å². The zero-order valence-electron chi connectivity index (χ0n) is 17.9. The fourth-order valence-electron chi connectivity index (χ4n) is 4.96. The molecule has 1 aromatic heterocycles. The number of nitrogens with one attached hydrogen (secondary N) is 1. The molecule has 1 N–H and O–H groups in total. The minimum atomic E-state index is -0.319. The molecule has 0 bridgehead atoms. The van der Waals surface area contributed by atoms with Crippen molar-refractivity contribution in [1.29, 1.82) is 0 Å². The Labute approximate surface area is 181 Å². The number of carbonyl (C=O) groups excluding carboxylic acids is 1. The van der Waals surface area contributed by atoms with Crippen molar-refractivity contribution in [2.75, 3.05) is 26.9 Å². The molecule has 3 aromatic rings. The molecule has 0 amide bonds. The summed E-state index contributed by atoms with van der Waals surface area (Å²) >= 11 is 0. The summed E-state index contributed by atoms with van der Waals surface area (Å²) in [5.41, 5.74) is 4.50. The van der Waals surface area contributed by atoms with Crippen LogP contribution >= 0.6 is 0 Å². The summed E-state index contributed by atoms with van der Waals surface area (Å²) in [6.07, 6.45) is 2.23. The van der Waals surface area contributed by atoms with Gasteiger partial charge in [-0.2, -0.15) is 0 Å². The zero-order chi connectivity index (χ0) is 21.4. The predicted molar refractivity (Wildman–Crippen MR) is 117 cm³/mol. The molecule has 1 unspecified atom stereocenters. The van der Waals surface area contributed by atoms with Crippen molar-refractivity contribution in [1.82, 2.24) is 4.98 Å². The van der Waals surface area contributed by atoms with Crippen molar-refractivity contribution in [3.05, 3.63) is 64.8 Å². The van der Waals surface area contributed by atoms with Crippen molar-refractivity contribution in [2.45, 2.75) is 32.4 Å².